The fourth-order valence-corrected chi connectivity index (χ4v) is 5.19. The molecule has 2 rings (SSSR count). The summed E-state index contributed by atoms with van der Waals surface area (Å²) in [6.07, 6.45) is -11.1. The van der Waals surface area contributed by atoms with E-state index in [1.54, 1.807) is 0 Å². The molecule has 0 aliphatic carbocycles. The molecule has 0 aromatic carbocycles. The molecule has 2 aliphatic heterocycles. The topological polar surface area (TPSA) is 175 Å². The quantitative estimate of drug-likeness (QED) is 0.253. The van der Waals surface area contributed by atoms with Crippen molar-refractivity contribution in [2.45, 2.75) is 59.7 Å². The second-order valence-electron chi connectivity index (χ2n) is 6.14. The lowest BCUT2D eigenvalue weighted by molar-refractivity contribution is -0.251. The van der Waals surface area contributed by atoms with Crippen LogP contribution in [0.25, 0.3) is 0 Å². The number of methoxy groups -OCH3 is 2. The molecule has 26 heavy (non-hydrogen) atoms. The molecule has 0 saturated carbocycles. The van der Waals surface area contributed by atoms with Gasteiger partial charge in [0.15, 0.2) is 12.6 Å². The molecule has 0 spiro atoms. The zero-order valence-corrected chi connectivity index (χ0v) is 15.1. The first-order chi connectivity index (χ1) is 12.3. The Balaban J connectivity index is 2.29. The smallest absolute Gasteiger partial charge is 0.174 e. The van der Waals surface area contributed by atoms with Crippen LogP contribution in [0.2, 0.25) is 0 Å². The molecule has 0 radical (unpaired) electrons. The largest absolute Gasteiger partial charge is 0.394 e. The summed E-state index contributed by atoms with van der Waals surface area (Å²) in [4.78, 5) is 0. The van der Waals surface area contributed by atoms with Gasteiger partial charge in [0.1, 0.15) is 47.1 Å². The summed E-state index contributed by atoms with van der Waals surface area (Å²) in [6.45, 7) is -1.19. The third-order valence-corrected chi connectivity index (χ3v) is 6.73. The second-order valence-corrected chi connectivity index (χ2v) is 7.89. The van der Waals surface area contributed by atoms with E-state index >= 15 is 0 Å². The Morgan fingerprint density at radius 3 is 1.38 bits per heavy atom. The van der Waals surface area contributed by atoms with Crippen LogP contribution in [0, 0.1) is 0 Å². The fraction of sp³-hybridized carbons (Fsp3) is 1.00. The molecule has 12 heteroatoms. The second kappa shape index (κ2) is 9.30. The number of aliphatic hydroxyl groups is 6. The summed E-state index contributed by atoms with van der Waals surface area (Å²) in [5.74, 6) is 0. The monoisotopic (exact) mass is 402 g/mol. The molecule has 6 N–H and O–H groups in total. The van der Waals surface area contributed by atoms with E-state index in [1.807, 2.05) is 0 Å². The Morgan fingerprint density at radius 2 is 1.12 bits per heavy atom. The maximum absolute atomic E-state index is 13.1. The van der Waals surface area contributed by atoms with E-state index < -0.39 is 83.7 Å². The Hall–Kier alpha value is -0.250. The van der Waals surface area contributed by atoms with Gasteiger partial charge in [0.25, 0.3) is 0 Å². The standard InChI is InChI=1S/C14H26O11S/c1-22-13-11(9(19)7(17)5(3-15)24-13)26(21)12-10(20)8(18)6(4-16)25-14(12)23-2/h5-20H,3-4H2,1-2H3/t5-,6-,7-,8-,9+,10+,11+,12+,13+,14+/m1/s1. The Bertz CT molecular complexity index is 436. The van der Waals surface area contributed by atoms with E-state index in [1.165, 1.54) is 14.2 Å². The van der Waals surface area contributed by atoms with E-state index in [-0.39, 0.29) is 0 Å². The van der Waals surface area contributed by atoms with Gasteiger partial charge in [0.05, 0.1) is 13.2 Å². The summed E-state index contributed by atoms with van der Waals surface area (Å²) >= 11 is 0. The molecule has 2 saturated heterocycles. The van der Waals surface area contributed by atoms with Gasteiger partial charge in [0.2, 0.25) is 0 Å². The molecule has 0 bridgehead atoms. The lowest BCUT2D eigenvalue weighted by atomic mass is 10.0. The highest BCUT2D eigenvalue weighted by Crippen LogP contribution is 2.32. The molecule has 0 amide bonds. The van der Waals surface area contributed by atoms with Crippen molar-refractivity contribution in [1.82, 2.24) is 0 Å². The first kappa shape index (κ1) is 22.0. The van der Waals surface area contributed by atoms with Crippen LogP contribution in [0.4, 0.5) is 0 Å². The van der Waals surface area contributed by atoms with E-state index in [2.05, 4.69) is 0 Å². The summed E-state index contributed by atoms with van der Waals surface area (Å²) in [5.41, 5.74) is 0. The van der Waals surface area contributed by atoms with Gasteiger partial charge in [-0.2, -0.15) is 0 Å². The predicted octanol–water partition coefficient (Wildman–Crippen LogP) is -4.36. The summed E-state index contributed by atoms with van der Waals surface area (Å²) < 4.78 is 33.9. The minimum absolute atomic E-state index is 0.593. The highest BCUT2D eigenvalue weighted by molar-refractivity contribution is 7.86. The molecule has 154 valence electrons. The first-order valence-corrected chi connectivity index (χ1v) is 9.29. The van der Waals surface area contributed by atoms with Gasteiger partial charge in [-0.25, -0.2) is 0 Å². The number of ether oxygens (including phenoxy) is 4. The lowest BCUT2D eigenvalue weighted by Crippen LogP contribution is -2.66. The molecular weight excluding hydrogens is 376 g/mol. The fourth-order valence-electron chi connectivity index (χ4n) is 3.17. The molecule has 2 fully saturated rings. The molecule has 10 atom stereocenters. The van der Waals surface area contributed by atoms with E-state index in [9.17, 15) is 34.8 Å². The van der Waals surface area contributed by atoms with Crippen LogP contribution in [0.15, 0.2) is 0 Å². The van der Waals surface area contributed by atoms with Gasteiger partial charge in [-0.1, -0.05) is 0 Å². The van der Waals surface area contributed by atoms with Crippen molar-refractivity contribution in [1.29, 1.82) is 0 Å². The molecule has 11 nitrogen and oxygen atoms in total. The van der Waals surface area contributed by atoms with Crippen molar-refractivity contribution in [3.63, 3.8) is 0 Å². The van der Waals surface area contributed by atoms with Crippen LogP contribution in [0.3, 0.4) is 0 Å². The Morgan fingerprint density at radius 1 is 0.769 bits per heavy atom. The normalized spacial score (nSPS) is 47.3. The maximum Gasteiger partial charge on any atom is 0.174 e. The van der Waals surface area contributed by atoms with Crippen molar-refractivity contribution >= 4 is 10.8 Å². The van der Waals surface area contributed by atoms with Crippen LogP contribution in [-0.2, 0) is 29.7 Å². The molecule has 0 aromatic heterocycles. The van der Waals surface area contributed by atoms with E-state index in [0.29, 0.717) is 0 Å². The van der Waals surface area contributed by atoms with Crippen molar-refractivity contribution in [2.24, 2.45) is 0 Å². The Kier molecular flexibility index (Phi) is 7.88. The zero-order chi connectivity index (χ0) is 19.6. The number of hydrogen-bond acceptors (Lipinski definition) is 11. The summed E-state index contributed by atoms with van der Waals surface area (Å²) in [7, 11) is 0.285. The summed E-state index contributed by atoms with van der Waals surface area (Å²) in [5, 5.41) is 56.6. The number of aliphatic hydroxyl groups excluding tert-OH is 6. The maximum atomic E-state index is 13.1. The van der Waals surface area contributed by atoms with Gasteiger partial charge in [-0.05, 0) is 0 Å². The van der Waals surface area contributed by atoms with E-state index in [0.717, 1.165) is 0 Å². The average Bonchev–Trinajstić information content (AvgIpc) is 2.64. The minimum Gasteiger partial charge on any atom is -0.394 e. The van der Waals surface area contributed by atoms with Gasteiger partial charge < -0.3 is 49.6 Å². The van der Waals surface area contributed by atoms with Crippen molar-refractivity contribution in [3.8, 4) is 0 Å². The third kappa shape index (κ3) is 3.95. The lowest BCUT2D eigenvalue weighted by Gasteiger charge is -2.46. The SMILES string of the molecule is CO[C@H]1O[C@H](CO)[C@@H](O)[C@H](O)[C@@H]1S(=O)[C@@H]1[C@@H](OC)O[C@H](CO)[C@@H](O)[C@@H]1O. The molecular formula is C14H26O11S. The first-order valence-electron chi connectivity index (χ1n) is 8.02. The van der Waals surface area contributed by atoms with Crippen molar-refractivity contribution < 1.29 is 53.8 Å². The van der Waals surface area contributed by atoms with Gasteiger partial charge in [-0.3, -0.25) is 4.21 Å². The highest BCUT2D eigenvalue weighted by Gasteiger charge is 2.54. The molecule has 2 aliphatic rings. The number of hydrogen-bond donors (Lipinski definition) is 6. The summed E-state index contributed by atoms with van der Waals surface area (Å²) in [6, 6.07) is 0. The highest BCUT2D eigenvalue weighted by atomic mass is 32.2. The van der Waals surface area contributed by atoms with E-state index in [4.69, 9.17) is 18.9 Å². The van der Waals surface area contributed by atoms with Crippen LogP contribution in [-0.4, -0.2) is 122 Å². The number of rotatable bonds is 6. The van der Waals surface area contributed by atoms with Crippen LogP contribution in [0.1, 0.15) is 0 Å². The molecule has 0 unspecified atom stereocenters. The molecule has 0 aromatic rings. The minimum atomic E-state index is -2.17. The third-order valence-electron chi connectivity index (χ3n) is 4.65. The zero-order valence-electron chi connectivity index (χ0n) is 14.3. The van der Waals surface area contributed by atoms with Gasteiger partial charge >= 0.3 is 0 Å². The van der Waals surface area contributed by atoms with Crippen molar-refractivity contribution in [3.05, 3.63) is 0 Å². The van der Waals surface area contributed by atoms with Gasteiger partial charge in [0, 0.05) is 25.0 Å². The predicted molar refractivity (Wildman–Crippen MR) is 85.3 cm³/mol. The average molecular weight is 402 g/mol. The van der Waals surface area contributed by atoms with Crippen LogP contribution < -0.4 is 0 Å². The molecule has 2 heterocycles. The van der Waals surface area contributed by atoms with Crippen molar-refractivity contribution in [2.75, 3.05) is 27.4 Å². The van der Waals surface area contributed by atoms with Crippen LogP contribution in [0.5, 0.6) is 0 Å². The van der Waals surface area contributed by atoms with Crippen LogP contribution >= 0.6 is 0 Å². The Labute approximate surface area is 152 Å². The van der Waals surface area contributed by atoms with Gasteiger partial charge in [-0.15, -0.1) is 0 Å².